The van der Waals surface area contributed by atoms with E-state index in [2.05, 4.69) is 157 Å². The van der Waals surface area contributed by atoms with Gasteiger partial charge in [-0.15, -0.1) is 0 Å². The summed E-state index contributed by atoms with van der Waals surface area (Å²) in [6, 6.07) is 46.9. The van der Waals surface area contributed by atoms with E-state index in [4.69, 9.17) is 0 Å². The lowest BCUT2D eigenvalue weighted by molar-refractivity contribution is 1.20. The van der Waals surface area contributed by atoms with Crippen LogP contribution in [0.2, 0.25) is 0 Å². The standard InChI is InChI=1S/C36H32N2.C2H6/c1-3-11-34(4-2)38(35-14-9-6-10-15-35)36-26-20-31(21-27-36)30-18-24-33(25-19-30)37-32-22-16-29(17-23-32)28-12-7-5-8-13-28;1-2/h3-27,37H,1-2H3;1-2H3/b11-3-,34-4+;. The second kappa shape index (κ2) is 14.4. The van der Waals surface area contributed by atoms with Gasteiger partial charge in [0.05, 0.1) is 0 Å². The number of rotatable bonds is 8. The number of hydrogen-bond acceptors (Lipinski definition) is 2. The summed E-state index contributed by atoms with van der Waals surface area (Å²) in [5, 5.41) is 3.51. The molecule has 0 spiro atoms. The van der Waals surface area contributed by atoms with Crippen molar-refractivity contribution in [2.75, 3.05) is 10.2 Å². The van der Waals surface area contributed by atoms with E-state index in [9.17, 15) is 0 Å². The topological polar surface area (TPSA) is 15.3 Å². The number of hydrogen-bond donors (Lipinski definition) is 1. The maximum atomic E-state index is 3.51. The Hall–Kier alpha value is -4.82. The SMILES string of the molecule is C/C=C\C(=C/C)N(c1ccccc1)c1ccc(-c2ccc(Nc3ccc(-c4ccccc4)cc3)cc2)cc1.CC. The van der Waals surface area contributed by atoms with Crippen LogP contribution in [-0.2, 0) is 0 Å². The largest absolute Gasteiger partial charge is 0.356 e. The van der Waals surface area contributed by atoms with Crippen LogP contribution in [0.1, 0.15) is 27.7 Å². The molecule has 0 aliphatic heterocycles. The summed E-state index contributed by atoms with van der Waals surface area (Å²) in [5.41, 5.74) is 10.4. The summed E-state index contributed by atoms with van der Waals surface area (Å²) in [7, 11) is 0. The monoisotopic (exact) mass is 522 g/mol. The molecule has 5 aromatic carbocycles. The number of benzene rings is 5. The molecular weight excluding hydrogens is 484 g/mol. The molecule has 1 N–H and O–H groups in total. The zero-order valence-electron chi connectivity index (χ0n) is 23.9. The normalized spacial score (nSPS) is 11.1. The highest BCUT2D eigenvalue weighted by Gasteiger charge is 2.12. The molecule has 0 aliphatic carbocycles. The molecule has 0 amide bonds. The van der Waals surface area contributed by atoms with Crippen LogP contribution in [0, 0.1) is 0 Å². The van der Waals surface area contributed by atoms with Gasteiger partial charge in [-0.2, -0.15) is 0 Å². The Balaban J connectivity index is 0.00000181. The number of nitrogens with one attached hydrogen (secondary N) is 1. The fourth-order valence-corrected chi connectivity index (χ4v) is 4.59. The average molecular weight is 523 g/mol. The van der Waals surface area contributed by atoms with E-state index in [-0.39, 0.29) is 0 Å². The van der Waals surface area contributed by atoms with Crippen LogP contribution < -0.4 is 10.2 Å². The van der Waals surface area contributed by atoms with E-state index in [0.29, 0.717) is 0 Å². The number of allylic oxidation sites excluding steroid dienone is 3. The fraction of sp³-hybridized carbons (Fsp3) is 0.105. The van der Waals surface area contributed by atoms with E-state index in [1.54, 1.807) is 0 Å². The van der Waals surface area contributed by atoms with E-state index in [0.717, 1.165) is 28.4 Å². The highest BCUT2D eigenvalue weighted by Crippen LogP contribution is 2.33. The molecule has 5 rings (SSSR count). The molecule has 0 unspecified atom stereocenters. The van der Waals surface area contributed by atoms with Gasteiger partial charge >= 0.3 is 0 Å². The molecule has 40 heavy (non-hydrogen) atoms. The van der Waals surface area contributed by atoms with Crippen LogP contribution in [0.25, 0.3) is 22.3 Å². The van der Waals surface area contributed by atoms with Crippen molar-refractivity contribution in [2.24, 2.45) is 0 Å². The van der Waals surface area contributed by atoms with Crippen molar-refractivity contribution in [1.82, 2.24) is 0 Å². The Morgan fingerprint density at radius 2 is 0.900 bits per heavy atom. The molecule has 2 heteroatoms. The molecule has 0 radical (unpaired) electrons. The molecule has 0 aromatic heterocycles. The molecule has 5 aromatic rings. The molecule has 0 atom stereocenters. The van der Waals surface area contributed by atoms with Gasteiger partial charge in [-0.25, -0.2) is 0 Å². The minimum Gasteiger partial charge on any atom is -0.356 e. The number of para-hydroxylation sites is 1. The quantitative estimate of drug-likeness (QED) is 0.204. The van der Waals surface area contributed by atoms with Crippen molar-refractivity contribution in [3.8, 4) is 22.3 Å². The summed E-state index contributed by atoms with van der Waals surface area (Å²) in [4.78, 5) is 2.28. The molecule has 200 valence electrons. The van der Waals surface area contributed by atoms with Crippen LogP contribution in [0.15, 0.2) is 157 Å². The van der Waals surface area contributed by atoms with Crippen molar-refractivity contribution in [2.45, 2.75) is 27.7 Å². The highest BCUT2D eigenvalue weighted by molar-refractivity contribution is 5.75. The predicted octanol–water partition coefficient (Wildman–Crippen LogP) is 11.4. The summed E-state index contributed by atoms with van der Waals surface area (Å²) in [6.07, 6.45) is 6.36. The third-order valence-electron chi connectivity index (χ3n) is 6.53. The van der Waals surface area contributed by atoms with Crippen molar-refractivity contribution < 1.29 is 0 Å². The second-order valence-corrected chi connectivity index (χ2v) is 9.08. The highest BCUT2D eigenvalue weighted by atomic mass is 15.1. The number of anilines is 4. The minimum atomic E-state index is 1.07. The van der Waals surface area contributed by atoms with Crippen LogP contribution >= 0.6 is 0 Å². The Labute approximate surface area is 240 Å². The molecule has 0 heterocycles. The van der Waals surface area contributed by atoms with Crippen LogP contribution in [0.3, 0.4) is 0 Å². The van der Waals surface area contributed by atoms with Gasteiger partial charge in [-0.05, 0) is 90.7 Å². The van der Waals surface area contributed by atoms with Gasteiger partial charge in [-0.3, -0.25) is 0 Å². The lowest BCUT2D eigenvalue weighted by Crippen LogP contribution is -2.14. The van der Waals surface area contributed by atoms with Crippen molar-refractivity contribution in [3.05, 3.63) is 157 Å². The van der Waals surface area contributed by atoms with Crippen LogP contribution in [0.5, 0.6) is 0 Å². The van der Waals surface area contributed by atoms with E-state index in [1.165, 1.54) is 22.3 Å². The minimum absolute atomic E-state index is 1.07. The maximum absolute atomic E-state index is 3.51. The fourth-order valence-electron chi connectivity index (χ4n) is 4.59. The van der Waals surface area contributed by atoms with Gasteiger partial charge in [0.25, 0.3) is 0 Å². The van der Waals surface area contributed by atoms with Crippen molar-refractivity contribution >= 4 is 22.7 Å². The first kappa shape index (κ1) is 28.2. The second-order valence-electron chi connectivity index (χ2n) is 9.08. The summed E-state index contributed by atoms with van der Waals surface area (Å²) in [6.45, 7) is 8.13. The lowest BCUT2D eigenvalue weighted by Gasteiger charge is -2.26. The van der Waals surface area contributed by atoms with Gasteiger partial charge in [-0.1, -0.05) is 111 Å². The smallest absolute Gasteiger partial charge is 0.0461 e. The molecule has 2 nitrogen and oxygen atoms in total. The Morgan fingerprint density at radius 3 is 1.35 bits per heavy atom. The van der Waals surface area contributed by atoms with Gasteiger partial charge in [0.15, 0.2) is 0 Å². The van der Waals surface area contributed by atoms with Gasteiger partial charge < -0.3 is 10.2 Å². The maximum Gasteiger partial charge on any atom is 0.0461 e. The summed E-state index contributed by atoms with van der Waals surface area (Å²) >= 11 is 0. The third kappa shape index (κ3) is 6.98. The Morgan fingerprint density at radius 1 is 0.500 bits per heavy atom. The zero-order chi connectivity index (χ0) is 28.2. The molecule has 0 fully saturated rings. The molecule has 0 bridgehead atoms. The summed E-state index contributed by atoms with van der Waals surface area (Å²) in [5.74, 6) is 0. The third-order valence-corrected chi connectivity index (χ3v) is 6.53. The molecule has 0 saturated heterocycles. The predicted molar refractivity (Wildman–Crippen MR) is 176 cm³/mol. The first-order valence-corrected chi connectivity index (χ1v) is 14.0. The van der Waals surface area contributed by atoms with Crippen LogP contribution in [-0.4, -0.2) is 0 Å². The first-order chi connectivity index (χ1) is 19.7. The van der Waals surface area contributed by atoms with E-state index >= 15 is 0 Å². The molecule has 0 saturated carbocycles. The van der Waals surface area contributed by atoms with Gasteiger partial charge in [0, 0.05) is 28.4 Å². The van der Waals surface area contributed by atoms with Gasteiger partial charge in [0.2, 0.25) is 0 Å². The van der Waals surface area contributed by atoms with Gasteiger partial charge in [0.1, 0.15) is 0 Å². The van der Waals surface area contributed by atoms with E-state index in [1.807, 2.05) is 32.9 Å². The van der Waals surface area contributed by atoms with E-state index < -0.39 is 0 Å². The zero-order valence-corrected chi connectivity index (χ0v) is 23.9. The van der Waals surface area contributed by atoms with Crippen molar-refractivity contribution in [1.29, 1.82) is 0 Å². The number of nitrogens with zero attached hydrogens (tertiary/aromatic N) is 1. The Bertz CT molecular complexity index is 1500. The molecule has 0 aliphatic rings. The lowest BCUT2D eigenvalue weighted by atomic mass is 10.0. The van der Waals surface area contributed by atoms with Crippen molar-refractivity contribution in [3.63, 3.8) is 0 Å². The average Bonchev–Trinajstić information content (AvgIpc) is 3.04. The van der Waals surface area contributed by atoms with Crippen LogP contribution in [0.4, 0.5) is 22.7 Å². The summed E-state index contributed by atoms with van der Waals surface area (Å²) < 4.78 is 0. The Kier molecular flexibility index (Phi) is 10.1. The molecular formula is C38H38N2. The first-order valence-electron chi connectivity index (χ1n) is 14.0.